The lowest BCUT2D eigenvalue weighted by Crippen LogP contribution is -2.57. The lowest BCUT2D eigenvalue weighted by molar-refractivity contribution is -0.138. The second kappa shape index (κ2) is 9.70. The first-order chi connectivity index (χ1) is 16.9. The zero-order valence-corrected chi connectivity index (χ0v) is 19.3. The van der Waals surface area contributed by atoms with Gasteiger partial charge in [-0.25, -0.2) is 33.7 Å². The molecular weight excluding hydrogens is 485 g/mol. The summed E-state index contributed by atoms with van der Waals surface area (Å²) in [5, 5.41) is 2.77. The zero-order valence-electron chi connectivity index (χ0n) is 19.3. The van der Waals surface area contributed by atoms with Gasteiger partial charge >= 0.3 is 6.18 Å². The first-order valence-electron chi connectivity index (χ1n) is 11.0. The van der Waals surface area contributed by atoms with E-state index in [-0.39, 0.29) is 24.0 Å². The number of hydrogen-bond donors (Lipinski definition) is 1. The molecule has 1 aliphatic rings. The largest absolute Gasteiger partial charge is 0.419 e. The maximum atomic E-state index is 14.6. The van der Waals surface area contributed by atoms with Crippen LogP contribution in [0.5, 0.6) is 0 Å². The van der Waals surface area contributed by atoms with Crippen LogP contribution in [0.2, 0.25) is 0 Å². The minimum absolute atomic E-state index is 0.0582. The van der Waals surface area contributed by atoms with Crippen LogP contribution < -0.4 is 5.32 Å². The summed E-state index contributed by atoms with van der Waals surface area (Å²) in [7, 11) is 0. The summed E-state index contributed by atoms with van der Waals surface area (Å²) >= 11 is 0. The Balaban J connectivity index is 1.63. The molecule has 1 fully saturated rings. The molecule has 3 aromatic rings. The molecule has 0 aliphatic carbocycles. The summed E-state index contributed by atoms with van der Waals surface area (Å²) in [6, 6.07) is 4.14. The molecule has 0 bridgehead atoms. The number of anilines is 1. The molecule has 4 rings (SSSR count). The average Bonchev–Trinajstić information content (AvgIpc) is 2.82. The molecule has 1 saturated heterocycles. The molecule has 3 aromatic heterocycles. The second-order valence-electron chi connectivity index (χ2n) is 8.63. The molecule has 1 amide bonds. The van der Waals surface area contributed by atoms with Gasteiger partial charge in [-0.05, 0) is 31.0 Å². The monoisotopic (exact) mass is 507 g/mol. The van der Waals surface area contributed by atoms with E-state index in [9.17, 15) is 26.7 Å². The van der Waals surface area contributed by atoms with E-state index in [2.05, 4.69) is 30.2 Å². The number of piperidine rings is 1. The molecule has 0 radical (unpaired) electrons. The van der Waals surface area contributed by atoms with Gasteiger partial charge in [0, 0.05) is 43.4 Å². The SMILES string of the molecule is Cc1ccc(-c2ncccn2)c(C(=O)N2CC(F)(F)C[C@@H](C)[C@H]2CNc2ncc(C(F)(F)F)cn2)n1. The molecule has 4 heterocycles. The van der Waals surface area contributed by atoms with Gasteiger partial charge in [0.15, 0.2) is 5.82 Å². The highest BCUT2D eigenvalue weighted by Gasteiger charge is 2.46. The van der Waals surface area contributed by atoms with Crippen molar-refractivity contribution in [2.24, 2.45) is 5.92 Å². The first kappa shape index (κ1) is 25.3. The minimum Gasteiger partial charge on any atom is -0.352 e. The van der Waals surface area contributed by atoms with E-state index in [4.69, 9.17) is 0 Å². The van der Waals surface area contributed by atoms with Crippen LogP contribution in [0.25, 0.3) is 11.4 Å². The molecule has 2 atom stereocenters. The van der Waals surface area contributed by atoms with Gasteiger partial charge in [0.2, 0.25) is 5.95 Å². The lowest BCUT2D eigenvalue weighted by Gasteiger charge is -2.43. The number of rotatable bonds is 5. The molecular formula is C23H22F5N7O. The summed E-state index contributed by atoms with van der Waals surface area (Å²) in [6.45, 7) is 2.34. The van der Waals surface area contributed by atoms with E-state index >= 15 is 0 Å². The summed E-state index contributed by atoms with van der Waals surface area (Å²) in [6.07, 6.45) is -0.827. The van der Waals surface area contributed by atoms with Crippen LogP contribution in [0.1, 0.15) is 35.1 Å². The number of nitrogens with one attached hydrogen (secondary N) is 1. The zero-order chi connectivity index (χ0) is 26.1. The molecule has 0 unspecified atom stereocenters. The van der Waals surface area contributed by atoms with E-state index in [0.717, 1.165) is 4.90 Å². The lowest BCUT2D eigenvalue weighted by atomic mass is 9.88. The number of nitrogens with zero attached hydrogens (tertiary/aromatic N) is 6. The van der Waals surface area contributed by atoms with Crippen molar-refractivity contribution in [2.75, 3.05) is 18.4 Å². The first-order valence-corrected chi connectivity index (χ1v) is 11.0. The molecule has 1 N–H and O–H groups in total. The Bertz CT molecular complexity index is 1220. The predicted molar refractivity (Wildman–Crippen MR) is 119 cm³/mol. The third-order valence-electron chi connectivity index (χ3n) is 5.83. The summed E-state index contributed by atoms with van der Waals surface area (Å²) in [5.74, 6) is -4.41. The maximum Gasteiger partial charge on any atom is 0.419 e. The van der Waals surface area contributed by atoms with E-state index in [1.807, 2.05) is 0 Å². The van der Waals surface area contributed by atoms with Crippen molar-refractivity contribution in [3.63, 3.8) is 0 Å². The third kappa shape index (κ3) is 5.55. The Hall–Kier alpha value is -3.77. The average molecular weight is 507 g/mol. The van der Waals surface area contributed by atoms with Crippen LogP contribution >= 0.6 is 0 Å². The fourth-order valence-corrected chi connectivity index (χ4v) is 4.12. The van der Waals surface area contributed by atoms with Gasteiger partial charge in [0.1, 0.15) is 5.69 Å². The van der Waals surface area contributed by atoms with Gasteiger partial charge in [0.25, 0.3) is 11.8 Å². The standard InChI is InChI=1S/C23H22F5N7O/c1-13-8-22(24,25)12-35(17(13)11-33-21-31-9-15(10-32-21)23(26,27)28)20(36)18-16(5-4-14(2)34-18)19-29-6-3-7-30-19/h3-7,9-10,13,17H,8,11-12H2,1-2H3,(H,31,32,33)/t13-,17-/m1/s1. The van der Waals surface area contributed by atoms with Gasteiger partial charge in [-0.2, -0.15) is 13.2 Å². The molecule has 36 heavy (non-hydrogen) atoms. The highest BCUT2D eigenvalue weighted by atomic mass is 19.4. The summed E-state index contributed by atoms with van der Waals surface area (Å²) < 4.78 is 67.5. The number of hydrogen-bond acceptors (Lipinski definition) is 7. The van der Waals surface area contributed by atoms with E-state index in [1.54, 1.807) is 32.0 Å². The number of alkyl halides is 5. The third-order valence-corrected chi connectivity index (χ3v) is 5.83. The molecule has 1 aliphatic heterocycles. The highest BCUT2D eigenvalue weighted by molar-refractivity contribution is 5.98. The Labute approximate surface area is 203 Å². The second-order valence-corrected chi connectivity index (χ2v) is 8.63. The van der Waals surface area contributed by atoms with Crippen LogP contribution in [-0.2, 0) is 6.18 Å². The smallest absolute Gasteiger partial charge is 0.352 e. The normalized spacial score (nSPS) is 19.7. The quantitative estimate of drug-likeness (QED) is 0.516. The van der Waals surface area contributed by atoms with Gasteiger partial charge in [-0.3, -0.25) is 4.79 Å². The summed E-state index contributed by atoms with van der Waals surface area (Å²) in [5.41, 5.74) is -0.285. The van der Waals surface area contributed by atoms with Crippen LogP contribution in [0.3, 0.4) is 0 Å². The van der Waals surface area contributed by atoms with Crippen molar-refractivity contribution in [1.29, 1.82) is 0 Å². The molecule has 190 valence electrons. The van der Waals surface area contributed by atoms with Crippen molar-refractivity contribution in [2.45, 2.75) is 38.4 Å². The Morgan fingerprint density at radius 3 is 2.44 bits per heavy atom. The van der Waals surface area contributed by atoms with Crippen molar-refractivity contribution in [1.82, 2.24) is 29.8 Å². The van der Waals surface area contributed by atoms with Gasteiger partial charge in [-0.1, -0.05) is 6.92 Å². The fraction of sp³-hybridized carbons (Fsp3) is 0.391. The molecule has 0 aromatic carbocycles. The van der Waals surface area contributed by atoms with E-state index in [0.29, 0.717) is 23.7 Å². The van der Waals surface area contributed by atoms with E-state index < -0.39 is 48.5 Å². The van der Waals surface area contributed by atoms with Gasteiger partial charge in [0.05, 0.1) is 23.7 Å². The number of halogens is 5. The Kier molecular flexibility index (Phi) is 6.83. The number of pyridine rings is 1. The molecule has 8 nitrogen and oxygen atoms in total. The van der Waals surface area contributed by atoms with Gasteiger partial charge in [-0.15, -0.1) is 0 Å². The minimum atomic E-state index is -4.59. The van der Waals surface area contributed by atoms with Crippen molar-refractivity contribution < 1.29 is 26.7 Å². The van der Waals surface area contributed by atoms with Crippen molar-refractivity contribution >= 4 is 11.9 Å². The fourth-order valence-electron chi connectivity index (χ4n) is 4.12. The molecule has 0 saturated carbocycles. The van der Waals surface area contributed by atoms with Crippen LogP contribution in [0, 0.1) is 12.8 Å². The Morgan fingerprint density at radius 2 is 1.81 bits per heavy atom. The highest BCUT2D eigenvalue weighted by Crippen LogP contribution is 2.36. The number of aromatic nitrogens is 5. The van der Waals surface area contributed by atoms with Crippen LogP contribution in [-0.4, -0.2) is 60.8 Å². The number of aryl methyl sites for hydroxylation is 1. The Morgan fingerprint density at radius 1 is 1.14 bits per heavy atom. The van der Waals surface area contributed by atoms with Crippen molar-refractivity contribution in [3.8, 4) is 11.4 Å². The van der Waals surface area contributed by atoms with Crippen LogP contribution in [0.15, 0.2) is 43.0 Å². The number of carbonyl (C=O) groups is 1. The number of likely N-dealkylation sites (tertiary alicyclic amines) is 1. The molecule has 0 spiro atoms. The van der Waals surface area contributed by atoms with E-state index in [1.165, 1.54) is 12.4 Å². The number of carbonyl (C=O) groups excluding carboxylic acids is 1. The topological polar surface area (TPSA) is 96.8 Å². The van der Waals surface area contributed by atoms with Crippen molar-refractivity contribution in [3.05, 3.63) is 59.9 Å². The van der Waals surface area contributed by atoms with Crippen LogP contribution in [0.4, 0.5) is 27.9 Å². The summed E-state index contributed by atoms with van der Waals surface area (Å²) in [4.78, 5) is 34.6. The van der Waals surface area contributed by atoms with Gasteiger partial charge < -0.3 is 10.2 Å². The maximum absolute atomic E-state index is 14.6. The predicted octanol–water partition coefficient (Wildman–Crippen LogP) is 4.25. The number of amides is 1. The molecule has 13 heteroatoms.